The minimum Gasteiger partial charge on any atom is -0.489 e. The summed E-state index contributed by atoms with van der Waals surface area (Å²) in [5.74, 6) is 1.85. The molecule has 3 saturated heterocycles. The first-order valence-electron chi connectivity index (χ1n) is 9.09. The molecule has 5 rings (SSSR count). The Morgan fingerprint density at radius 3 is 2.31 bits per heavy atom. The molecule has 0 saturated carbocycles. The summed E-state index contributed by atoms with van der Waals surface area (Å²) >= 11 is 0. The second kappa shape index (κ2) is 10.2. The summed E-state index contributed by atoms with van der Waals surface area (Å²) in [4.78, 5) is 2.59. The van der Waals surface area contributed by atoms with Crippen LogP contribution in [0.2, 0.25) is 0 Å². The molecule has 3 aliphatic rings. The lowest BCUT2D eigenvalue weighted by molar-refractivity contribution is 0.0718. The van der Waals surface area contributed by atoms with Crippen LogP contribution in [-0.4, -0.2) is 30.6 Å². The van der Waals surface area contributed by atoms with Gasteiger partial charge in [0.15, 0.2) is 0 Å². The second-order valence-electron chi connectivity index (χ2n) is 7.01. The van der Waals surface area contributed by atoms with Gasteiger partial charge in [-0.15, -0.1) is 24.8 Å². The third-order valence-electron chi connectivity index (χ3n) is 5.42. The maximum Gasteiger partial charge on any atom is 0.124 e. The average molecular weight is 395 g/mol. The highest BCUT2D eigenvalue weighted by Gasteiger charge is 2.33. The fourth-order valence-electron chi connectivity index (χ4n) is 3.96. The van der Waals surface area contributed by atoms with E-state index in [1.165, 1.54) is 43.6 Å². The van der Waals surface area contributed by atoms with Crippen LogP contribution in [0.5, 0.6) is 5.75 Å². The van der Waals surface area contributed by atoms with Crippen molar-refractivity contribution < 1.29 is 4.74 Å². The Hall–Kier alpha value is -1.26. The lowest BCUT2D eigenvalue weighted by Crippen LogP contribution is -2.55. The van der Waals surface area contributed by atoms with Gasteiger partial charge in [0.05, 0.1) is 0 Å². The molecule has 3 aliphatic heterocycles. The first-order chi connectivity index (χ1) is 11.9. The number of nitrogens with one attached hydrogen (secondary N) is 1. The van der Waals surface area contributed by atoms with E-state index >= 15 is 0 Å². The van der Waals surface area contributed by atoms with Gasteiger partial charge in [0.25, 0.3) is 0 Å². The number of nitrogens with zero attached hydrogens (tertiary/aromatic N) is 1. The molecule has 1 unspecified atom stereocenters. The third kappa shape index (κ3) is 5.14. The molecule has 3 nitrogen and oxygen atoms in total. The summed E-state index contributed by atoms with van der Waals surface area (Å²) in [6, 6.07) is 19.4. The average Bonchev–Trinajstić information content (AvgIpc) is 2.67. The summed E-state index contributed by atoms with van der Waals surface area (Å²) in [5.41, 5.74) is 2.46. The lowest BCUT2D eigenvalue weighted by atomic mass is 9.84. The molecule has 3 heterocycles. The standard InChI is InChI=1S/C21H26N2O.2ClH/c1-2-6-17(7-3-1)16-24-21-9-5-4-8-19(21)14-22-20-15-23-12-10-18(20)11-13-23;;/h1-9,18,20,22H,10-16H2;2*1H. The van der Waals surface area contributed by atoms with E-state index in [9.17, 15) is 0 Å². The molecule has 0 amide bonds. The van der Waals surface area contributed by atoms with Crippen molar-refractivity contribution in [3.63, 3.8) is 0 Å². The number of piperidine rings is 3. The lowest BCUT2D eigenvalue weighted by Gasteiger charge is -2.45. The molecule has 2 aromatic rings. The van der Waals surface area contributed by atoms with Crippen molar-refractivity contribution in [2.24, 2.45) is 5.92 Å². The first kappa shape index (κ1) is 21.0. The van der Waals surface area contributed by atoms with Crippen molar-refractivity contribution in [3.8, 4) is 5.75 Å². The maximum absolute atomic E-state index is 6.07. The summed E-state index contributed by atoms with van der Waals surface area (Å²) < 4.78 is 6.07. The monoisotopic (exact) mass is 394 g/mol. The van der Waals surface area contributed by atoms with Gasteiger partial charge in [-0.3, -0.25) is 0 Å². The highest BCUT2D eigenvalue weighted by molar-refractivity contribution is 5.85. The minimum absolute atomic E-state index is 0. The van der Waals surface area contributed by atoms with E-state index in [4.69, 9.17) is 4.74 Å². The zero-order chi connectivity index (χ0) is 16.2. The Labute approximate surface area is 168 Å². The summed E-state index contributed by atoms with van der Waals surface area (Å²) in [5, 5.41) is 3.79. The SMILES string of the molecule is Cl.Cl.c1ccc(COc2ccccc2CNC2CN3CCC2CC3)cc1. The van der Waals surface area contributed by atoms with Gasteiger partial charge in [-0.1, -0.05) is 48.5 Å². The number of fused-ring (bicyclic) bond motifs is 3. The minimum atomic E-state index is 0. The summed E-state index contributed by atoms with van der Waals surface area (Å²) in [6.07, 6.45) is 2.70. The van der Waals surface area contributed by atoms with Crippen LogP contribution in [-0.2, 0) is 13.2 Å². The summed E-state index contributed by atoms with van der Waals surface area (Å²) in [6.45, 7) is 5.30. The molecule has 2 aromatic carbocycles. The number of hydrogen-bond acceptors (Lipinski definition) is 3. The number of ether oxygens (including phenoxy) is 1. The van der Waals surface area contributed by atoms with E-state index in [0.29, 0.717) is 12.6 Å². The molecular weight excluding hydrogens is 367 g/mol. The van der Waals surface area contributed by atoms with Crippen LogP contribution in [0.15, 0.2) is 54.6 Å². The van der Waals surface area contributed by atoms with E-state index < -0.39 is 0 Å². The van der Waals surface area contributed by atoms with E-state index in [-0.39, 0.29) is 24.8 Å². The van der Waals surface area contributed by atoms with Gasteiger partial charge < -0.3 is 15.0 Å². The van der Waals surface area contributed by atoms with Gasteiger partial charge in [-0.2, -0.15) is 0 Å². The van der Waals surface area contributed by atoms with Crippen LogP contribution >= 0.6 is 24.8 Å². The molecule has 142 valence electrons. The Morgan fingerprint density at radius 2 is 1.62 bits per heavy atom. The Bertz CT molecular complexity index is 660. The predicted molar refractivity (Wildman–Crippen MR) is 112 cm³/mol. The van der Waals surface area contributed by atoms with Gasteiger partial charge in [-0.25, -0.2) is 0 Å². The fraction of sp³-hybridized carbons (Fsp3) is 0.429. The molecule has 0 aromatic heterocycles. The van der Waals surface area contributed by atoms with Crippen LogP contribution in [0.25, 0.3) is 0 Å². The van der Waals surface area contributed by atoms with E-state index in [1.807, 2.05) is 6.07 Å². The van der Waals surface area contributed by atoms with E-state index in [1.54, 1.807) is 0 Å². The van der Waals surface area contributed by atoms with Gasteiger partial charge >= 0.3 is 0 Å². The number of para-hydroxylation sites is 1. The van der Waals surface area contributed by atoms with Crippen LogP contribution in [0.1, 0.15) is 24.0 Å². The largest absolute Gasteiger partial charge is 0.489 e. The van der Waals surface area contributed by atoms with E-state index in [2.05, 4.69) is 58.7 Å². The molecule has 0 spiro atoms. The van der Waals surface area contributed by atoms with Crippen molar-refractivity contribution in [2.75, 3.05) is 19.6 Å². The van der Waals surface area contributed by atoms with Gasteiger partial charge in [0.1, 0.15) is 12.4 Å². The van der Waals surface area contributed by atoms with Crippen LogP contribution < -0.4 is 10.1 Å². The van der Waals surface area contributed by atoms with Gasteiger partial charge in [0, 0.05) is 24.7 Å². The number of halogens is 2. The maximum atomic E-state index is 6.07. The molecule has 1 N–H and O–H groups in total. The molecule has 0 aliphatic carbocycles. The molecule has 5 heteroatoms. The normalized spacial score (nSPS) is 23.6. The van der Waals surface area contributed by atoms with Gasteiger partial charge in [0.2, 0.25) is 0 Å². The van der Waals surface area contributed by atoms with Crippen molar-refractivity contribution >= 4 is 24.8 Å². The highest BCUT2D eigenvalue weighted by Crippen LogP contribution is 2.28. The van der Waals surface area contributed by atoms with Crippen molar-refractivity contribution in [3.05, 3.63) is 65.7 Å². The zero-order valence-electron chi connectivity index (χ0n) is 15.0. The topological polar surface area (TPSA) is 24.5 Å². The Balaban J connectivity index is 0.00000121. The number of hydrogen-bond donors (Lipinski definition) is 1. The Kier molecular flexibility index (Phi) is 8.23. The van der Waals surface area contributed by atoms with Crippen LogP contribution in [0.4, 0.5) is 0 Å². The molecule has 0 radical (unpaired) electrons. The third-order valence-corrected chi connectivity index (χ3v) is 5.42. The quantitative estimate of drug-likeness (QED) is 0.790. The number of rotatable bonds is 6. The van der Waals surface area contributed by atoms with Crippen molar-refractivity contribution in [1.82, 2.24) is 10.2 Å². The molecular formula is C21H28Cl2N2O. The fourth-order valence-corrected chi connectivity index (χ4v) is 3.96. The molecule has 2 bridgehead atoms. The molecule has 26 heavy (non-hydrogen) atoms. The Morgan fingerprint density at radius 1 is 0.923 bits per heavy atom. The molecule has 3 fully saturated rings. The first-order valence-corrected chi connectivity index (χ1v) is 9.09. The van der Waals surface area contributed by atoms with Gasteiger partial charge in [-0.05, 0) is 43.5 Å². The zero-order valence-corrected chi connectivity index (χ0v) is 16.6. The smallest absolute Gasteiger partial charge is 0.124 e. The van der Waals surface area contributed by atoms with Crippen LogP contribution in [0.3, 0.4) is 0 Å². The second-order valence-corrected chi connectivity index (χ2v) is 7.01. The van der Waals surface area contributed by atoms with E-state index in [0.717, 1.165) is 18.2 Å². The summed E-state index contributed by atoms with van der Waals surface area (Å²) in [7, 11) is 0. The highest BCUT2D eigenvalue weighted by atomic mass is 35.5. The van der Waals surface area contributed by atoms with Crippen molar-refractivity contribution in [1.29, 1.82) is 0 Å². The van der Waals surface area contributed by atoms with Crippen molar-refractivity contribution in [2.45, 2.75) is 32.0 Å². The number of benzene rings is 2. The van der Waals surface area contributed by atoms with Crippen LogP contribution in [0, 0.1) is 5.92 Å². The molecule has 1 atom stereocenters. The predicted octanol–water partition coefficient (Wildman–Crippen LogP) is 4.29.